The molecule has 3 aliphatic carbocycles. The summed E-state index contributed by atoms with van der Waals surface area (Å²) in [4.78, 5) is 39.4. The minimum absolute atomic E-state index is 0.0128. The van der Waals surface area contributed by atoms with E-state index in [0.29, 0.717) is 12.0 Å². The predicted octanol–water partition coefficient (Wildman–Crippen LogP) is 2.03. The summed E-state index contributed by atoms with van der Waals surface area (Å²) in [5.74, 6) is -2.51. The van der Waals surface area contributed by atoms with Gasteiger partial charge in [-0.15, -0.1) is 0 Å². The molecule has 1 heterocycles. The van der Waals surface area contributed by atoms with Gasteiger partial charge in [-0.2, -0.15) is 0 Å². The third-order valence-electron chi connectivity index (χ3n) is 10.3. The zero-order chi connectivity index (χ0) is 29.3. The van der Waals surface area contributed by atoms with Crippen LogP contribution in [0.2, 0.25) is 0 Å². The number of Topliss-reactive ketones (excluding diaryl/α,β-unsaturated/α-hetero) is 1. The van der Waals surface area contributed by atoms with Crippen LogP contribution in [0.5, 0.6) is 0 Å². The van der Waals surface area contributed by atoms with E-state index in [1.807, 2.05) is 6.07 Å². The van der Waals surface area contributed by atoms with Gasteiger partial charge in [0.2, 0.25) is 0 Å². The summed E-state index contributed by atoms with van der Waals surface area (Å²) in [6.07, 6.45) is -3.83. The summed E-state index contributed by atoms with van der Waals surface area (Å²) in [7, 11) is 0. The van der Waals surface area contributed by atoms with Crippen molar-refractivity contribution in [1.82, 2.24) is 0 Å². The third kappa shape index (κ3) is 4.11. The number of ether oxygens (including phenoxy) is 3. The van der Waals surface area contributed by atoms with Gasteiger partial charge < -0.3 is 29.5 Å². The Morgan fingerprint density at radius 2 is 1.90 bits per heavy atom. The molecule has 3 N–H and O–H groups in total. The summed E-state index contributed by atoms with van der Waals surface area (Å²) in [6.45, 7) is 8.10. The van der Waals surface area contributed by atoms with E-state index in [4.69, 9.17) is 14.2 Å². The van der Waals surface area contributed by atoms with Gasteiger partial charge in [-0.1, -0.05) is 26.0 Å². The fourth-order valence-corrected chi connectivity index (χ4v) is 7.72. The van der Waals surface area contributed by atoms with Gasteiger partial charge in [0.05, 0.1) is 23.7 Å². The second kappa shape index (κ2) is 9.66. The summed E-state index contributed by atoms with van der Waals surface area (Å²) in [5.41, 5.74) is -3.76. The van der Waals surface area contributed by atoms with Crippen molar-refractivity contribution in [3.63, 3.8) is 0 Å². The number of esters is 2. The summed E-state index contributed by atoms with van der Waals surface area (Å²) < 4.78 is 17.4. The van der Waals surface area contributed by atoms with Crippen LogP contribution in [-0.2, 0) is 35.0 Å². The van der Waals surface area contributed by atoms with E-state index in [9.17, 15) is 29.7 Å². The Bertz CT molecular complexity index is 1240. The van der Waals surface area contributed by atoms with Crippen molar-refractivity contribution in [2.24, 2.45) is 16.7 Å². The number of carbonyl (C=O) groups excluding carboxylic acids is 3. The molecule has 1 aromatic carbocycles. The van der Waals surface area contributed by atoms with E-state index >= 15 is 0 Å². The second-order valence-electron chi connectivity index (χ2n) is 12.7. The van der Waals surface area contributed by atoms with Gasteiger partial charge in [-0.3, -0.25) is 14.4 Å². The number of ketones is 1. The first kappa shape index (κ1) is 28.7. The molecule has 216 valence electrons. The van der Waals surface area contributed by atoms with Crippen LogP contribution in [0.1, 0.15) is 65.9 Å². The molecule has 1 aliphatic heterocycles. The van der Waals surface area contributed by atoms with Gasteiger partial charge >= 0.3 is 11.9 Å². The second-order valence-corrected chi connectivity index (χ2v) is 12.7. The van der Waals surface area contributed by atoms with Crippen molar-refractivity contribution in [2.45, 2.75) is 102 Å². The molecule has 0 spiro atoms. The fourth-order valence-electron chi connectivity index (χ4n) is 7.72. The number of aliphatic hydroxyl groups excluding tert-OH is 2. The average molecular weight is 555 g/mol. The Hall–Kier alpha value is -2.77. The van der Waals surface area contributed by atoms with E-state index < -0.39 is 70.1 Å². The number of rotatable bonds is 5. The third-order valence-corrected chi connectivity index (χ3v) is 10.3. The molecule has 1 saturated heterocycles. The molecule has 40 heavy (non-hydrogen) atoms. The lowest BCUT2D eigenvalue weighted by molar-refractivity contribution is -0.327. The Balaban J connectivity index is 1.54. The first-order chi connectivity index (χ1) is 18.7. The first-order valence-corrected chi connectivity index (χ1v) is 13.9. The number of carbonyl (C=O) groups is 3. The van der Waals surface area contributed by atoms with Gasteiger partial charge in [0.1, 0.15) is 18.3 Å². The Labute approximate surface area is 234 Å². The molecule has 2 saturated carbocycles. The molecule has 0 aromatic heterocycles. The average Bonchev–Trinajstić information content (AvgIpc) is 2.88. The first-order valence-electron chi connectivity index (χ1n) is 13.9. The van der Waals surface area contributed by atoms with E-state index in [1.165, 1.54) is 6.92 Å². The molecule has 9 nitrogen and oxygen atoms in total. The lowest BCUT2D eigenvalue weighted by Crippen LogP contribution is -2.77. The highest BCUT2D eigenvalue weighted by Gasteiger charge is 2.73. The highest BCUT2D eigenvalue weighted by Crippen LogP contribution is 2.63. The molecule has 0 amide bonds. The number of aryl methyl sites for hydroxylation is 1. The van der Waals surface area contributed by atoms with Crippen LogP contribution in [-0.4, -0.2) is 75.3 Å². The fraction of sp³-hybridized carbons (Fsp3) is 0.645. The van der Waals surface area contributed by atoms with Crippen molar-refractivity contribution in [1.29, 1.82) is 0 Å². The predicted molar refractivity (Wildman–Crippen MR) is 140 cm³/mol. The number of hydrogen-bond donors (Lipinski definition) is 3. The van der Waals surface area contributed by atoms with Crippen molar-refractivity contribution in [2.75, 3.05) is 6.61 Å². The molecule has 4 aliphatic rings. The molecule has 0 unspecified atom stereocenters. The smallest absolute Gasteiger partial charge is 0.306 e. The minimum Gasteiger partial charge on any atom is -0.458 e. The van der Waals surface area contributed by atoms with Crippen LogP contribution in [0.3, 0.4) is 0 Å². The summed E-state index contributed by atoms with van der Waals surface area (Å²) >= 11 is 0. The highest BCUT2D eigenvalue weighted by atomic mass is 16.6. The zero-order valence-corrected chi connectivity index (χ0v) is 23.7. The Kier molecular flexibility index (Phi) is 6.94. The summed E-state index contributed by atoms with van der Waals surface area (Å²) in [5, 5.41) is 35.4. The van der Waals surface area contributed by atoms with Crippen LogP contribution in [0.15, 0.2) is 29.3 Å². The standard InChI is InChI=1S/C31H38O9/c1-17-20(39-24(34)12-11-19-9-7-6-8-10-19)14-30(37)15-21-29(5,27(36)26(35)25(17)28(30,3)4)22(33)13-23-31(21,16-38-23)40-18(2)32/h7,9-10,20-23,26,33,35,37H,11-16H2,1-5H3/t20-,21-,22-,23+,26+,29-,30+,31+/m0/s1. The maximum absolute atomic E-state index is 14.2. The molecule has 1 aromatic rings. The van der Waals surface area contributed by atoms with Crippen molar-refractivity contribution >= 4 is 17.7 Å². The maximum atomic E-state index is 14.2. The van der Waals surface area contributed by atoms with E-state index in [1.54, 1.807) is 39.8 Å². The topological polar surface area (TPSA) is 140 Å². The van der Waals surface area contributed by atoms with Gasteiger partial charge in [0.15, 0.2) is 11.4 Å². The van der Waals surface area contributed by atoms with E-state index in [0.717, 1.165) is 5.56 Å². The van der Waals surface area contributed by atoms with Gasteiger partial charge in [-0.05, 0) is 61.6 Å². The lowest BCUT2D eigenvalue weighted by atomic mass is 9.46. The van der Waals surface area contributed by atoms with Gasteiger partial charge in [0, 0.05) is 37.5 Å². The normalized spacial score (nSPS) is 39.9. The van der Waals surface area contributed by atoms with E-state index in [2.05, 4.69) is 12.1 Å². The minimum atomic E-state index is -1.67. The molecule has 3 fully saturated rings. The van der Waals surface area contributed by atoms with Gasteiger partial charge in [-0.25, -0.2) is 0 Å². The molecular formula is C31H38O9. The lowest BCUT2D eigenvalue weighted by Gasteiger charge is -2.65. The zero-order valence-electron chi connectivity index (χ0n) is 23.7. The Morgan fingerprint density at radius 3 is 2.50 bits per heavy atom. The van der Waals surface area contributed by atoms with Crippen molar-refractivity contribution in [3.8, 4) is 0 Å². The van der Waals surface area contributed by atoms with Crippen LogP contribution in [0.4, 0.5) is 0 Å². The van der Waals surface area contributed by atoms with E-state index in [-0.39, 0.29) is 37.9 Å². The molecule has 9 heteroatoms. The summed E-state index contributed by atoms with van der Waals surface area (Å²) in [6, 6.07) is 11.0. The number of aliphatic hydroxyl groups is 3. The van der Waals surface area contributed by atoms with Crippen molar-refractivity contribution in [3.05, 3.63) is 47.0 Å². The molecule has 5 rings (SSSR count). The van der Waals surface area contributed by atoms with Crippen molar-refractivity contribution < 1.29 is 43.9 Å². The quantitative estimate of drug-likeness (QED) is 0.368. The molecule has 8 atom stereocenters. The van der Waals surface area contributed by atoms with Crippen LogP contribution < -0.4 is 0 Å². The highest BCUT2D eigenvalue weighted by molar-refractivity contribution is 5.93. The van der Waals surface area contributed by atoms with Gasteiger partial charge in [0.25, 0.3) is 0 Å². The molecule has 2 bridgehead atoms. The van der Waals surface area contributed by atoms with Crippen LogP contribution >= 0.6 is 0 Å². The number of fused-ring (bicyclic) bond motifs is 5. The largest absolute Gasteiger partial charge is 0.458 e. The molecular weight excluding hydrogens is 516 g/mol. The maximum Gasteiger partial charge on any atom is 0.306 e. The molecule has 0 radical (unpaired) electrons. The SMILES string of the molecule is CC(=O)O[C@@]12CO[C@@H]1C[C@H](O)[C@@]1(C)C(=O)[C@H](O)C3=C(C)[C@@H](OC(=O)CCc4cc#ccc4)C[C@@](O)(C[C@H]21)C3(C)C. The van der Waals surface area contributed by atoms with Crippen LogP contribution in [0.25, 0.3) is 0 Å². The van der Waals surface area contributed by atoms with Crippen LogP contribution in [0, 0.1) is 28.9 Å². The number of hydrogen-bond acceptors (Lipinski definition) is 9. The monoisotopic (exact) mass is 554 g/mol. The Morgan fingerprint density at radius 1 is 1.18 bits per heavy atom.